The summed E-state index contributed by atoms with van der Waals surface area (Å²) in [7, 11) is 0. The number of aromatic carboxylic acids is 1. The summed E-state index contributed by atoms with van der Waals surface area (Å²) in [6.07, 6.45) is 2.54. The van der Waals surface area contributed by atoms with Gasteiger partial charge in [0.05, 0.1) is 21.8 Å². The van der Waals surface area contributed by atoms with Crippen molar-refractivity contribution in [3.8, 4) is 0 Å². The third kappa shape index (κ3) is 6.21. The van der Waals surface area contributed by atoms with E-state index in [2.05, 4.69) is 71.3 Å². The van der Waals surface area contributed by atoms with Crippen molar-refractivity contribution in [3.63, 3.8) is 0 Å². The molecule has 2 aromatic carbocycles. The Bertz CT molecular complexity index is 1210. The summed E-state index contributed by atoms with van der Waals surface area (Å²) in [6, 6.07) is 9.48. The Kier molecular flexibility index (Phi) is 8.82. The summed E-state index contributed by atoms with van der Waals surface area (Å²) in [5, 5.41) is 12.0. The molecule has 0 spiro atoms. The van der Waals surface area contributed by atoms with Crippen molar-refractivity contribution in [1.29, 1.82) is 0 Å². The fourth-order valence-electron chi connectivity index (χ4n) is 4.08. The lowest BCUT2D eigenvalue weighted by atomic mass is 10.1. The van der Waals surface area contributed by atoms with Crippen LogP contribution in [0.4, 0.5) is 0 Å². The minimum absolute atomic E-state index is 0.0571. The Balaban J connectivity index is 1.93. The number of halogens is 1. The SMILES string of the molecule is CCCc1nc2c(C)cc(CNC(=O)C(S)CC(C)C)cc2n1Cc1ccc(C(=O)O)c(Br)c1. The summed E-state index contributed by atoms with van der Waals surface area (Å²) in [5.74, 6) is 0.381. The summed E-state index contributed by atoms with van der Waals surface area (Å²) in [4.78, 5) is 28.7. The zero-order chi connectivity index (χ0) is 25.0. The van der Waals surface area contributed by atoms with Gasteiger partial charge in [0.15, 0.2) is 0 Å². The number of aromatic nitrogens is 2. The molecular weight excluding hydrogens is 514 g/mol. The van der Waals surface area contributed by atoms with Gasteiger partial charge in [-0.3, -0.25) is 4.79 Å². The fraction of sp³-hybridized carbons (Fsp3) is 0.423. The van der Waals surface area contributed by atoms with Gasteiger partial charge < -0.3 is 15.0 Å². The van der Waals surface area contributed by atoms with Crippen LogP contribution < -0.4 is 5.32 Å². The molecule has 3 rings (SSSR count). The van der Waals surface area contributed by atoms with Crippen LogP contribution >= 0.6 is 28.6 Å². The topological polar surface area (TPSA) is 84.2 Å². The fourth-order valence-corrected chi connectivity index (χ4v) is 5.19. The standard InChI is InChI=1S/C26H32BrN3O3S/c1-5-6-23-29-24-16(4)10-18(13-28-25(31)22(34)9-15(2)3)12-21(24)30(23)14-17-7-8-19(26(32)33)20(27)11-17/h7-8,10-12,15,22,34H,5-6,9,13-14H2,1-4H3,(H,28,31)(H,32,33). The molecule has 1 unspecified atom stereocenters. The first kappa shape index (κ1) is 26.3. The number of carboxylic acids is 1. The van der Waals surface area contributed by atoms with Gasteiger partial charge >= 0.3 is 5.97 Å². The molecule has 0 aliphatic carbocycles. The number of imidazole rings is 1. The Morgan fingerprint density at radius 1 is 1.21 bits per heavy atom. The van der Waals surface area contributed by atoms with Gasteiger partial charge in [0, 0.05) is 24.0 Å². The number of thiol groups is 1. The summed E-state index contributed by atoms with van der Waals surface area (Å²) in [6.45, 7) is 9.33. The molecule has 34 heavy (non-hydrogen) atoms. The zero-order valence-corrected chi connectivity index (χ0v) is 22.5. The quantitative estimate of drug-likeness (QED) is 0.282. The van der Waals surface area contributed by atoms with Crippen LogP contribution in [0, 0.1) is 12.8 Å². The average molecular weight is 547 g/mol. The number of hydrogen-bond acceptors (Lipinski definition) is 4. The van der Waals surface area contributed by atoms with Gasteiger partial charge in [-0.1, -0.05) is 32.9 Å². The largest absolute Gasteiger partial charge is 0.478 e. The monoisotopic (exact) mass is 545 g/mol. The Hall–Kier alpha value is -2.32. The second kappa shape index (κ2) is 11.4. The molecule has 0 fully saturated rings. The first-order valence-electron chi connectivity index (χ1n) is 11.6. The van der Waals surface area contributed by atoms with Crippen molar-refractivity contribution in [2.45, 2.75) is 65.3 Å². The third-order valence-corrected chi connectivity index (χ3v) is 6.83. The van der Waals surface area contributed by atoms with Gasteiger partial charge in [0.1, 0.15) is 5.82 Å². The molecule has 1 aromatic heterocycles. The number of hydrogen-bond donors (Lipinski definition) is 3. The lowest BCUT2D eigenvalue weighted by Gasteiger charge is -2.14. The molecular formula is C26H32BrN3O3S. The van der Waals surface area contributed by atoms with Crippen molar-refractivity contribution >= 4 is 51.5 Å². The van der Waals surface area contributed by atoms with Crippen LogP contribution in [0.5, 0.6) is 0 Å². The van der Waals surface area contributed by atoms with Gasteiger partial charge in [-0.05, 0) is 76.5 Å². The summed E-state index contributed by atoms with van der Waals surface area (Å²) >= 11 is 7.83. The molecule has 0 bridgehead atoms. The van der Waals surface area contributed by atoms with E-state index in [0.29, 0.717) is 23.5 Å². The van der Waals surface area contributed by atoms with Crippen LogP contribution in [0.2, 0.25) is 0 Å². The van der Waals surface area contributed by atoms with Crippen molar-refractivity contribution in [2.75, 3.05) is 0 Å². The number of aryl methyl sites for hydroxylation is 2. The molecule has 0 aliphatic heterocycles. The lowest BCUT2D eigenvalue weighted by Crippen LogP contribution is -2.31. The highest BCUT2D eigenvalue weighted by molar-refractivity contribution is 9.10. The van der Waals surface area contributed by atoms with E-state index in [9.17, 15) is 14.7 Å². The number of fused-ring (bicyclic) bond motifs is 1. The average Bonchev–Trinajstić information content (AvgIpc) is 3.09. The van der Waals surface area contributed by atoms with E-state index in [1.807, 2.05) is 19.1 Å². The lowest BCUT2D eigenvalue weighted by molar-refractivity contribution is -0.120. The number of rotatable bonds is 10. The second-order valence-electron chi connectivity index (χ2n) is 9.13. The Labute approximate surface area is 214 Å². The maximum Gasteiger partial charge on any atom is 0.336 e. The molecule has 0 aliphatic rings. The molecule has 0 saturated carbocycles. The smallest absolute Gasteiger partial charge is 0.336 e. The van der Waals surface area contributed by atoms with Gasteiger partial charge in [0.25, 0.3) is 0 Å². The molecule has 3 aromatic rings. The highest BCUT2D eigenvalue weighted by Crippen LogP contribution is 2.26. The zero-order valence-electron chi connectivity index (χ0n) is 20.1. The molecule has 8 heteroatoms. The van der Waals surface area contributed by atoms with Crippen LogP contribution in [0.3, 0.4) is 0 Å². The molecule has 1 atom stereocenters. The minimum Gasteiger partial charge on any atom is -0.478 e. The number of benzene rings is 2. The minimum atomic E-state index is -0.961. The predicted molar refractivity (Wildman–Crippen MR) is 143 cm³/mol. The summed E-state index contributed by atoms with van der Waals surface area (Å²) < 4.78 is 2.75. The van der Waals surface area contributed by atoms with Crippen LogP contribution in [0.15, 0.2) is 34.8 Å². The molecule has 6 nitrogen and oxygen atoms in total. The van der Waals surface area contributed by atoms with Crippen LogP contribution in [-0.2, 0) is 24.3 Å². The van der Waals surface area contributed by atoms with E-state index < -0.39 is 5.97 Å². The van der Waals surface area contributed by atoms with Gasteiger partial charge in [-0.15, -0.1) is 0 Å². The predicted octanol–water partition coefficient (Wildman–Crippen LogP) is 5.77. The Morgan fingerprint density at radius 3 is 2.56 bits per heavy atom. The highest BCUT2D eigenvalue weighted by Gasteiger charge is 2.17. The van der Waals surface area contributed by atoms with E-state index in [-0.39, 0.29) is 16.7 Å². The van der Waals surface area contributed by atoms with Crippen LogP contribution in [-0.4, -0.2) is 31.8 Å². The summed E-state index contributed by atoms with van der Waals surface area (Å²) in [5.41, 5.74) is 5.25. The van der Waals surface area contributed by atoms with Gasteiger partial charge in [-0.2, -0.15) is 12.6 Å². The molecule has 182 valence electrons. The second-order valence-corrected chi connectivity index (χ2v) is 10.6. The third-order valence-electron chi connectivity index (χ3n) is 5.73. The van der Waals surface area contributed by atoms with Crippen LogP contribution in [0.25, 0.3) is 11.0 Å². The van der Waals surface area contributed by atoms with Gasteiger partial charge in [-0.25, -0.2) is 9.78 Å². The number of amides is 1. The van der Waals surface area contributed by atoms with Gasteiger partial charge in [0.2, 0.25) is 5.91 Å². The molecule has 0 saturated heterocycles. The first-order chi connectivity index (χ1) is 16.1. The van der Waals surface area contributed by atoms with Crippen molar-refractivity contribution < 1.29 is 14.7 Å². The van der Waals surface area contributed by atoms with E-state index in [4.69, 9.17) is 4.98 Å². The molecule has 0 radical (unpaired) electrons. The van der Waals surface area contributed by atoms with Crippen LogP contribution in [0.1, 0.15) is 66.5 Å². The number of nitrogens with one attached hydrogen (secondary N) is 1. The highest BCUT2D eigenvalue weighted by atomic mass is 79.9. The van der Waals surface area contributed by atoms with Crippen molar-refractivity contribution in [3.05, 3.63) is 62.9 Å². The van der Waals surface area contributed by atoms with E-state index in [0.717, 1.165) is 52.8 Å². The molecule has 2 N–H and O–H groups in total. The van der Waals surface area contributed by atoms with Crippen molar-refractivity contribution in [1.82, 2.24) is 14.9 Å². The maximum absolute atomic E-state index is 12.5. The number of nitrogens with zero attached hydrogens (tertiary/aromatic N) is 2. The number of carboxylic acid groups (broad SMARTS) is 1. The van der Waals surface area contributed by atoms with E-state index in [1.54, 1.807) is 6.07 Å². The number of carbonyl (C=O) groups is 2. The molecule has 1 heterocycles. The first-order valence-corrected chi connectivity index (χ1v) is 12.9. The normalized spacial score (nSPS) is 12.3. The number of carbonyl (C=O) groups excluding carboxylic acids is 1. The van der Waals surface area contributed by atoms with E-state index in [1.165, 1.54) is 0 Å². The van der Waals surface area contributed by atoms with Crippen molar-refractivity contribution in [2.24, 2.45) is 5.92 Å². The maximum atomic E-state index is 12.5. The molecule has 1 amide bonds. The van der Waals surface area contributed by atoms with E-state index >= 15 is 0 Å². The Morgan fingerprint density at radius 2 is 1.94 bits per heavy atom.